The van der Waals surface area contributed by atoms with E-state index in [1.165, 1.54) is 5.56 Å². The number of hydrogen-bond donors (Lipinski definition) is 1. The van der Waals surface area contributed by atoms with Crippen molar-refractivity contribution in [1.29, 1.82) is 0 Å². The van der Waals surface area contributed by atoms with E-state index in [9.17, 15) is 4.79 Å². The molecule has 8 nitrogen and oxygen atoms in total. The summed E-state index contributed by atoms with van der Waals surface area (Å²) >= 11 is 0. The van der Waals surface area contributed by atoms with Crippen LogP contribution in [-0.2, 0) is 6.42 Å². The molecule has 0 spiro atoms. The monoisotopic (exact) mass is 461 g/mol. The molecule has 0 radical (unpaired) electrons. The van der Waals surface area contributed by atoms with Gasteiger partial charge < -0.3 is 24.6 Å². The Labute approximate surface area is 200 Å². The minimum Gasteiger partial charge on any atom is -0.497 e. The van der Waals surface area contributed by atoms with Gasteiger partial charge in [0.15, 0.2) is 0 Å². The van der Waals surface area contributed by atoms with Gasteiger partial charge in [-0.1, -0.05) is 18.2 Å². The first-order chi connectivity index (χ1) is 16.5. The quantitative estimate of drug-likeness (QED) is 0.597. The highest BCUT2D eigenvalue weighted by Gasteiger charge is 2.25. The molecule has 1 saturated heterocycles. The number of hydrogen-bond acceptors (Lipinski definition) is 6. The van der Waals surface area contributed by atoms with Crippen LogP contribution in [0.3, 0.4) is 0 Å². The van der Waals surface area contributed by atoms with Crippen LogP contribution in [0.4, 0.5) is 16.3 Å². The number of urea groups is 1. The molecule has 0 atom stereocenters. The third kappa shape index (κ3) is 5.39. The number of carbonyl (C=O) groups is 1. The number of aromatic nitrogens is 2. The number of ether oxygens (including phenoxy) is 2. The molecule has 1 N–H and O–H groups in total. The third-order valence-electron chi connectivity index (χ3n) is 6.03. The van der Waals surface area contributed by atoms with Crippen LogP contribution in [0.2, 0.25) is 0 Å². The molecule has 2 amide bonds. The van der Waals surface area contributed by atoms with Crippen molar-refractivity contribution in [3.63, 3.8) is 0 Å². The molecule has 0 unspecified atom stereocenters. The second-order valence-electron chi connectivity index (χ2n) is 8.32. The van der Waals surface area contributed by atoms with E-state index in [0.717, 1.165) is 40.8 Å². The summed E-state index contributed by atoms with van der Waals surface area (Å²) in [5, 5.41) is 2.97. The molecular weight excluding hydrogens is 430 g/mol. The molecule has 0 bridgehead atoms. The summed E-state index contributed by atoms with van der Waals surface area (Å²) in [6.07, 6.45) is 0.738. The standard InChI is InChI=1S/C26H31N5O3/c1-18-24(16-20-8-10-22(33-3)11-9-20)25(28-19(2)27-18)30-12-14-31(15-13-30)26(32)29-21-6-5-7-23(17-21)34-4/h5-11,17H,12-16H2,1-4H3,(H,29,32). The predicted molar refractivity (Wildman–Crippen MR) is 133 cm³/mol. The van der Waals surface area contributed by atoms with Crippen molar-refractivity contribution in [3.8, 4) is 11.5 Å². The highest BCUT2D eigenvalue weighted by atomic mass is 16.5. The molecular formula is C26H31N5O3. The van der Waals surface area contributed by atoms with Gasteiger partial charge in [-0.15, -0.1) is 0 Å². The lowest BCUT2D eigenvalue weighted by Crippen LogP contribution is -2.50. The summed E-state index contributed by atoms with van der Waals surface area (Å²) in [6.45, 7) is 6.59. The second kappa shape index (κ2) is 10.4. The third-order valence-corrected chi connectivity index (χ3v) is 6.03. The van der Waals surface area contributed by atoms with Crippen LogP contribution in [0, 0.1) is 13.8 Å². The summed E-state index contributed by atoms with van der Waals surface area (Å²) in [6, 6.07) is 15.4. The van der Waals surface area contributed by atoms with E-state index in [-0.39, 0.29) is 6.03 Å². The van der Waals surface area contributed by atoms with Gasteiger partial charge in [0, 0.05) is 55.6 Å². The van der Waals surface area contributed by atoms with Crippen molar-refractivity contribution in [2.24, 2.45) is 0 Å². The number of aryl methyl sites for hydroxylation is 2. The summed E-state index contributed by atoms with van der Waals surface area (Å²) in [4.78, 5) is 26.3. The maximum absolute atomic E-state index is 12.8. The topological polar surface area (TPSA) is 79.8 Å². The first kappa shape index (κ1) is 23.4. The predicted octanol–water partition coefficient (Wildman–Crippen LogP) is 4.06. The van der Waals surface area contributed by atoms with Crippen LogP contribution in [-0.4, -0.2) is 61.3 Å². The molecule has 0 saturated carbocycles. The van der Waals surface area contributed by atoms with Gasteiger partial charge in [0.05, 0.1) is 14.2 Å². The summed E-state index contributed by atoms with van der Waals surface area (Å²) in [5.74, 6) is 3.25. The molecule has 3 aromatic rings. The van der Waals surface area contributed by atoms with Gasteiger partial charge in [-0.2, -0.15) is 0 Å². The van der Waals surface area contributed by atoms with Gasteiger partial charge in [-0.25, -0.2) is 14.8 Å². The fraction of sp³-hybridized carbons (Fsp3) is 0.346. The summed E-state index contributed by atoms with van der Waals surface area (Å²) in [7, 11) is 3.28. The second-order valence-corrected chi connectivity index (χ2v) is 8.32. The molecule has 1 fully saturated rings. The first-order valence-corrected chi connectivity index (χ1v) is 11.4. The van der Waals surface area contributed by atoms with Crippen molar-refractivity contribution < 1.29 is 14.3 Å². The Morgan fingerprint density at radius 1 is 0.941 bits per heavy atom. The van der Waals surface area contributed by atoms with E-state index in [0.29, 0.717) is 31.9 Å². The lowest BCUT2D eigenvalue weighted by molar-refractivity contribution is 0.208. The molecule has 1 aromatic heterocycles. The number of nitrogens with one attached hydrogen (secondary N) is 1. The molecule has 8 heteroatoms. The van der Waals surface area contributed by atoms with Crippen LogP contribution >= 0.6 is 0 Å². The zero-order valence-electron chi connectivity index (χ0n) is 20.2. The van der Waals surface area contributed by atoms with Crippen LogP contribution in [0.5, 0.6) is 11.5 Å². The van der Waals surface area contributed by atoms with E-state index >= 15 is 0 Å². The lowest BCUT2D eigenvalue weighted by Gasteiger charge is -2.36. The average molecular weight is 462 g/mol. The first-order valence-electron chi connectivity index (χ1n) is 11.4. The summed E-state index contributed by atoms with van der Waals surface area (Å²) < 4.78 is 10.5. The van der Waals surface area contributed by atoms with Crippen LogP contribution < -0.4 is 19.7 Å². The van der Waals surface area contributed by atoms with Crippen molar-refractivity contribution in [2.45, 2.75) is 20.3 Å². The Kier molecular flexibility index (Phi) is 7.15. The number of amides is 2. The Bertz CT molecular complexity index is 1140. The Hall–Kier alpha value is -3.81. The largest absolute Gasteiger partial charge is 0.497 e. The Morgan fingerprint density at radius 2 is 1.65 bits per heavy atom. The van der Waals surface area contributed by atoms with E-state index < -0.39 is 0 Å². The van der Waals surface area contributed by atoms with Crippen LogP contribution in [0.25, 0.3) is 0 Å². The molecule has 1 aliphatic heterocycles. The van der Waals surface area contributed by atoms with Gasteiger partial charge in [0.2, 0.25) is 0 Å². The Morgan fingerprint density at radius 3 is 2.32 bits per heavy atom. The zero-order valence-corrected chi connectivity index (χ0v) is 20.2. The van der Waals surface area contributed by atoms with E-state index in [2.05, 4.69) is 27.3 Å². The van der Waals surface area contributed by atoms with Crippen molar-refractivity contribution in [2.75, 3.05) is 50.6 Å². The minimum absolute atomic E-state index is 0.110. The molecule has 4 rings (SSSR count). The number of piperazine rings is 1. The van der Waals surface area contributed by atoms with E-state index in [4.69, 9.17) is 14.5 Å². The van der Waals surface area contributed by atoms with E-state index in [1.54, 1.807) is 14.2 Å². The number of benzene rings is 2. The Balaban J connectivity index is 1.45. The van der Waals surface area contributed by atoms with E-state index in [1.807, 2.05) is 55.1 Å². The maximum Gasteiger partial charge on any atom is 0.321 e. The lowest BCUT2D eigenvalue weighted by atomic mass is 10.0. The van der Waals surface area contributed by atoms with Crippen LogP contribution in [0.1, 0.15) is 22.6 Å². The highest BCUT2D eigenvalue weighted by molar-refractivity contribution is 5.89. The SMILES string of the molecule is COc1ccc(Cc2c(C)nc(C)nc2N2CCN(C(=O)Nc3cccc(OC)c3)CC2)cc1. The van der Waals surface area contributed by atoms with Crippen molar-refractivity contribution in [1.82, 2.24) is 14.9 Å². The maximum atomic E-state index is 12.8. The number of carbonyl (C=O) groups excluding carboxylic acids is 1. The van der Waals surface area contributed by atoms with Crippen molar-refractivity contribution >= 4 is 17.5 Å². The minimum atomic E-state index is -0.110. The number of anilines is 2. The number of nitrogens with zero attached hydrogens (tertiary/aromatic N) is 4. The van der Waals surface area contributed by atoms with Gasteiger partial charge in [0.25, 0.3) is 0 Å². The fourth-order valence-electron chi connectivity index (χ4n) is 4.16. The molecule has 2 aromatic carbocycles. The summed E-state index contributed by atoms with van der Waals surface area (Å²) in [5.41, 5.74) is 3.99. The zero-order chi connectivity index (χ0) is 24.1. The normalized spacial score (nSPS) is 13.5. The van der Waals surface area contributed by atoms with Crippen molar-refractivity contribution in [3.05, 3.63) is 71.2 Å². The fourth-order valence-corrected chi connectivity index (χ4v) is 4.16. The highest BCUT2D eigenvalue weighted by Crippen LogP contribution is 2.26. The molecule has 178 valence electrons. The van der Waals surface area contributed by atoms with Crippen LogP contribution in [0.15, 0.2) is 48.5 Å². The van der Waals surface area contributed by atoms with Gasteiger partial charge in [-0.3, -0.25) is 0 Å². The average Bonchev–Trinajstić information content (AvgIpc) is 2.86. The number of methoxy groups -OCH3 is 2. The van der Waals surface area contributed by atoms with Gasteiger partial charge in [-0.05, 0) is 43.7 Å². The molecule has 2 heterocycles. The molecule has 34 heavy (non-hydrogen) atoms. The number of rotatable bonds is 6. The van der Waals surface area contributed by atoms with Gasteiger partial charge >= 0.3 is 6.03 Å². The molecule has 0 aliphatic carbocycles. The molecule has 1 aliphatic rings. The van der Waals surface area contributed by atoms with Gasteiger partial charge in [0.1, 0.15) is 23.1 Å². The smallest absolute Gasteiger partial charge is 0.321 e.